The first-order valence-electron chi connectivity index (χ1n) is 5.01. The van der Waals surface area contributed by atoms with Gasteiger partial charge in [-0.3, -0.25) is 9.59 Å². The average Bonchev–Trinajstić information content (AvgIpc) is 2.23. The van der Waals surface area contributed by atoms with Crippen molar-refractivity contribution in [1.82, 2.24) is 4.57 Å². The third-order valence-corrected chi connectivity index (χ3v) is 3.00. The molecule has 0 saturated heterocycles. The Kier molecular flexibility index (Phi) is 2.61. The van der Waals surface area contributed by atoms with Crippen LogP contribution < -0.4 is 5.56 Å². The molecule has 0 unspecified atom stereocenters. The van der Waals surface area contributed by atoms with Crippen LogP contribution in [0.15, 0.2) is 16.9 Å². The van der Waals surface area contributed by atoms with E-state index in [2.05, 4.69) is 0 Å². The largest absolute Gasteiger partial charge is 0.315 e. The Bertz CT molecular complexity index is 493. The SMILES string of the molecule is Cn1c2c(ccc1=O)C(=O)C[C@H](C(F)F)C2. The molecule has 0 radical (unpaired) electrons. The van der Waals surface area contributed by atoms with Gasteiger partial charge in [0, 0.05) is 36.7 Å². The molecule has 0 bridgehead atoms. The Morgan fingerprint density at radius 3 is 2.62 bits per heavy atom. The maximum absolute atomic E-state index is 12.6. The quantitative estimate of drug-likeness (QED) is 0.727. The molecule has 0 fully saturated rings. The van der Waals surface area contributed by atoms with Crippen LogP contribution in [-0.4, -0.2) is 16.8 Å². The van der Waals surface area contributed by atoms with E-state index in [9.17, 15) is 18.4 Å². The summed E-state index contributed by atoms with van der Waals surface area (Å²) < 4.78 is 26.4. The van der Waals surface area contributed by atoms with Crippen molar-refractivity contribution in [2.45, 2.75) is 19.3 Å². The molecule has 0 aliphatic heterocycles. The lowest BCUT2D eigenvalue weighted by atomic mass is 9.86. The molecule has 0 saturated carbocycles. The summed E-state index contributed by atoms with van der Waals surface area (Å²) in [5.41, 5.74) is 0.550. The van der Waals surface area contributed by atoms with Crippen LogP contribution in [0.3, 0.4) is 0 Å². The highest BCUT2D eigenvalue weighted by Gasteiger charge is 2.32. The molecule has 1 aliphatic carbocycles. The number of carbonyl (C=O) groups is 1. The fourth-order valence-electron chi connectivity index (χ4n) is 2.02. The second-order valence-electron chi connectivity index (χ2n) is 4.02. The lowest BCUT2D eigenvalue weighted by molar-refractivity contribution is 0.0586. The summed E-state index contributed by atoms with van der Waals surface area (Å²) in [7, 11) is 1.50. The number of pyridine rings is 1. The fraction of sp³-hybridized carbons (Fsp3) is 0.455. The molecule has 0 spiro atoms. The van der Waals surface area contributed by atoms with Gasteiger partial charge in [0.15, 0.2) is 5.78 Å². The molecular weight excluding hydrogens is 216 g/mol. The van der Waals surface area contributed by atoms with Gasteiger partial charge in [0.25, 0.3) is 0 Å². The number of ketones is 1. The summed E-state index contributed by atoms with van der Waals surface area (Å²) in [6.07, 6.45) is -2.57. The van der Waals surface area contributed by atoms with E-state index >= 15 is 0 Å². The third-order valence-electron chi connectivity index (χ3n) is 3.00. The van der Waals surface area contributed by atoms with Gasteiger partial charge >= 0.3 is 0 Å². The molecule has 1 heterocycles. The van der Waals surface area contributed by atoms with Crippen LogP contribution in [0.25, 0.3) is 0 Å². The minimum absolute atomic E-state index is 0.0886. The zero-order chi connectivity index (χ0) is 11.9. The van der Waals surface area contributed by atoms with Crippen molar-refractivity contribution in [3.63, 3.8) is 0 Å². The standard InChI is InChI=1S/C11H11F2NO2/c1-14-8-4-6(11(12)13)5-9(15)7(8)2-3-10(14)16/h2-3,6,11H,4-5H2,1H3/t6-/m1/s1. The first-order chi connectivity index (χ1) is 7.50. The van der Waals surface area contributed by atoms with E-state index in [1.165, 1.54) is 23.7 Å². The Morgan fingerprint density at radius 2 is 2.00 bits per heavy atom. The second-order valence-corrected chi connectivity index (χ2v) is 4.02. The number of fused-ring (bicyclic) bond motifs is 1. The zero-order valence-corrected chi connectivity index (χ0v) is 8.74. The highest BCUT2D eigenvalue weighted by molar-refractivity contribution is 5.98. The van der Waals surface area contributed by atoms with Crippen molar-refractivity contribution in [2.24, 2.45) is 13.0 Å². The summed E-state index contributed by atoms with van der Waals surface area (Å²) in [5, 5.41) is 0. The predicted octanol–water partition coefficient (Wildman–Crippen LogP) is 1.40. The van der Waals surface area contributed by atoms with E-state index in [4.69, 9.17) is 0 Å². The van der Waals surface area contributed by atoms with E-state index in [-0.39, 0.29) is 24.2 Å². The Hall–Kier alpha value is -1.52. The van der Waals surface area contributed by atoms with Gasteiger partial charge < -0.3 is 4.57 Å². The van der Waals surface area contributed by atoms with E-state index in [1.54, 1.807) is 0 Å². The number of halogens is 2. The van der Waals surface area contributed by atoms with Gasteiger partial charge in [-0.05, 0) is 12.5 Å². The van der Waals surface area contributed by atoms with Gasteiger partial charge in [-0.15, -0.1) is 0 Å². The Morgan fingerprint density at radius 1 is 1.31 bits per heavy atom. The number of Topliss-reactive ketones (excluding diaryl/α,β-unsaturated/α-hetero) is 1. The van der Waals surface area contributed by atoms with Gasteiger partial charge in [-0.25, -0.2) is 8.78 Å². The molecule has 1 atom stereocenters. The maximum Gasteiger partial charge on any atom is 0.250 e. The van der Waals surface area contributed by atoms with Crippen molar-refractivity contribution >= 4 is 5.78 Å². The number of hydrogen-bond acceptors (Lipinski definition) is 2. The van der Waals surface area contributed by atoms with E-state index in [0.29, 0.717) is 11.3 Å². The van der Waals surface area contributed by atoms with Crippen molar-refractivity contribution < 1.29 is 13.6 Å². The molecule has 5 heteroatoms. The van der Waals surface area contributed by atoms with E-state index in [1.807, 2.05) is 0 Å². The average molecular weight is 227 g/mol. The summed E-state index contributed by atoms with van der Waals surface area (Å²) in [6, 6.07) is 2.72. The molecule has 86 valence electrons. The van der Waals surface area contributed by atoms with Crippen LogP contribution in [-0.2, 0) is 13.5 Å². The van der Waals surface area contributed by atoms with Crippen LogP contribution in [0.1, 0.15) is 22.5 Å². The van der Waals surface area contributed by atoms with Gasteiger partial charge in [0.05, 0.1) is 0 Å². The van der Waals surface area contributed by atoms with Gasteiger partial charge in [-0.2, -0.15) is 0 Å². The molecule has 0 amide bonds. The summed E-state index contributed by atoms with van der Waals surface area (Å²) in [5.74, 6) is -1.27. The topological polar surface area (TPSA) is 39.1 Å². The molecule has 1 aromatic heterocycles. The number of alkyl halides is 2. The van der Waals surface area contributed by atoms with Crippen LogP contribution in [0, 0.1) is 5.92 Å². The Labute approximate surface area is 90.7 Å². The minimum Gasteiger partial charge on any atom is -0.315 e. The normalized spacial score (nSPS) is 20.0. The first-order valence-corrected chi connectivity index (χ1v) is 5.01. The highest BCUT2D eigenvalue weighted by Crippen LogP contribution is 2.28. The number of nitrogens with zero attached hydrogens (tertiary/aromatic N) is 1. The summed E-state index contributed by atoms with van der Waals surface area (Å²) >= 11 is 0. The van der Waals surface area contributed by atoms with Crippen LogP contribution in [0.5, 0.6) is 0 Å². The fourth-order valence-corrected chi connectivity index (χ4v) is 2.02. The molecular formula is C11H11F2NO2. The van der Waals surface area contributed by atoms with Gasteiger partial charge in [-0.1, -0.05) is 0 Å². The molecule has 1 aromatic rings. The smallest absolute Gasteiger partial charge is 0.250 e. The second kappa shape index (κ2) is 3.81. The van der Waals surface area contributed by atoms with Gasteiger partial charge in [0.1, 0.15) is 0 Å². The molecule has 0 aromatic carbocycles. The third kappa shape index (κ3) is 1.66. The highest BCUT2D eigenvalue weighted by atomic mass is 19.3. The van der Waals surface area contributed by atoms with E-state index < -0.39 is 12.3 Å². The van der Waals surface area contributed by atoms with Gasteiger partial charge in [0.2, 0.25) is 12.0 Å². The minimum atomic E-state index is -2.52. The molecule has 0 N–H and O–H groups in total. The van der Waals surface area contributed by atoms with Crippen molar-refractivity contribution in [1.29, 1.82) is 0 Å². The van der Waals surface area contributed by atoms with Crippen LogP contribution >= 0.6 is 0 Å². The number of rotatable bonds is 1. The molecule has 16 heavy (non-hydrogen) atoms. The maximum atomic E-state index is 12.6. The first kappa shape index (κ1) is 11.0. The number of hydrogen-bond donors (Lipinski definition) is 0. The zero-order valence-electron chi connectivity index (χ0n) is 8.74. The predicted molar refractivity (Wildman–Crippen MR) is 53.8 cm³/mol. The summed E-state index contributed by atoms with van der Waals surface area (Å²) in [6.45, 7) is 0. The van der Waals surface area contributed by atoms with Crippen LogP contribution in [0.4, 0.5) is 8.78 Å². The lowest BCUT2D eigenvalue weighted by Crippen LogP contribution is -2.31. The lowest BCUT2D eigenvalue weighted by Gasteiger charge is -2.24. The number of aromatic nitrogens is 1. The Balaban J connectivity index is 2.52. The monoisotopic (exact) mass is 227 g/mol. The molecule has 2 rings (SSSR count). The number of carbonyl (C=O) groups excluding carboxylic acids is 1. The van der Waals surface area contributed by atoms with Crippen molar-refractivity contribution in [3.05, 3.63) is 33.7 Å². The van der Waals surface area contributed by atoms with Crippen molar-refractivity contribution in [3.8, 4) is 0 Å². The van der Waals surface area contributed by atoms with E-state index in [0.717, 1.165) is 0 Å². The van der Waals surface area contributed by atoms with Crippen LogP contribution in [0.2, 0.25) is 0 Å². The summed E-state index contributed by atoms with van der Waals surface area (Å²) in [4.78, 5) is 23.0. The van der Waals surface area contributed by atoms with Crippen molar-refractivity contribution in [2.75, 3.05) is 0 Å². The molecule has 3 nitrogen and oxygen atoms in total. The molecule has 1 aliphatic rings.